The van der Waals surface area contributed by atoms with E-state index in [1.807, 2.05) is 24.5 Å². The Morgan fingerprint density at radius 2 is 1.96 bits per heavy atom. The van der Waals surface area contributed by atoms with Crippen molar-refractivity contribution in [3.63, 3.8) is 0 Å². The largest absolute Gasteiger partial charge is 0.340 e. The second kappa shape index (κ2) is 8.04. The molecule has 1 amide bonds. The Bertz CT molecular complexity index is 765. The molecule has 0 aliphatic carbocycles. The fourth-order valence-electron chi connectivity index (χ4n) is 3.99. The number of hydrogen-bond donors (Lipinski definition) is 1. The zero-order valence-corrected chi connectivity index (χ0v) is 15.8. The first-order valence-corrected chi connectivity index (χ1v) is 9.75. The van der Waals surface area contributed by atoms with Gasteiger partial charge in [0.2, 0.25) is 5.95 Å². The minimum Gasteiger partial charge on any atom is -0.340 e. The molecule has 4 rings (SSSR count). The molecule has 0 radical (unpaired) electrons. The highest BCUT2D eigenvalue weighted by Crippen LogP contribution is 2.28. The Morgan fingerprint density at radius 3 is 2.74 bits per heavy atom. The van der Waals surface area contributed by atoms with E-state index in [-0.39, 0.29) is 5.91 Å². The molecule has 0 aromatic carbocycles. The number of nitrogens with one attached hydrogen (secondary N) is 1. The van der Waals surface area contributed by atoms with Crippen LogP contribution in [0.1, 0.15) is 41.2 Å². The van der Waals surface area contributed by atoms with Gasteiger partial charge in [0.25, 0.3) is 5.91 Å². The summed E-state index contributed by atoms with van der Waals surface area (Å²) in [6.07, 6.45) is 10.4. The molecular weight excluding hydrogens is 342 g/mol. The summed E-state index contributed by atoms with van der Waals surface area (Å²) < 4.78 is 2.09. The third kappa shape index (κ3) is 3.95. The van der Waals surface area contributed by atoms with Gasteiger partial charge in [0.1, 0.15) is 0 Å². The highest BCUT2D eigenvalue weighted by molar-refractivity contribution is 5.93. The van der Waals surface area contributed by atoms with E-state index in [4.69, 9.17) is 0 Å². The standard InChI is InChI=1S/C19H27N7O/c1-24-14-21-12-17(24)15-4-2-7-26(13-15)19-22-10-16(11-23-19)18(27)25-8-3-5-20-6-9-25/h10-12,14-15,20H,2-9,13H2,1H3. The minimum absolute atomic E-state index is 0.0247. The van der Waals surface area contributed by atoms with Crippen molar-refractivity contribution in [3.8, 4) is 0 Å². The maximum atomic E-state index is 12.7. The Labute approximate surface area is 159 Å². The Hall–Kier alpha value is -2.48. The number of rotatable bonds is 3. The van der Waals surface area contributed by atoms with Crippen molar-refractivity contribution in [2.24, 2.45) is 7.05 Å². The quantitative estimate of drug-likeness (QED) is 0.871. The van der Waals surface area contributed by atoms with Gasteiger partial charge < -0.3 is 19.7 Å². The molecule has 1 atom stereocenters. The molecule has 8 nitrogen and oxygen atoms in total. The van der Waals surface area contributed by atoms with Crippen LogP contribution in [-0.2, 0) is 7.05 Å². The van der Waals surface area contributed by atoms with Crippen LogP contribution < -0.4 is 10.2 Å². The molecule has 2 aromatic heterocycles. The number of carbonyl (C=O) groups excluding carboxylic acids is 1. The molecule has 2 aromatic rings. The van der Waals surface area contributed by atoms with Gasteiger partial charge in [-0.3, -0.25) is 4.79 Å². The summed E-state index contributed by atoms with van der Waals surface area (Å²) in [4.78, 5) is 30.0. The fourth-order valence-corrected chi connectivity index (χ4v) is 3.99. The molecule has 1 unspecified atom stereocenters. The molecule has 2 aliphatic heterocycles. The van der Waals surface area contributed by atoms with Crippen LogP contribution in [0.4, 0.5) is 5.95 Å². The topological polar surface area (TPSA) is 79.2 Å². The van der Waals surface area contributed by atoms with Crippen molar-refractivity contribution >= 4 is 11.9 Å². The van der Waals surface area contributed by atoms with Gasteiger partial charge in [-0.05, 0) is 25.8 Å². The monoisotopic (exact) mass is 369 g/mol. The molecule has 0 saturated carbocycles. The van der Waals surface area contributed by atoms with Gasteiger partial charge in [0.15, 0.2) is 0 Å². The van der Waals surface area contributed by atoms with Crippen LogP contribution >= 0.6 is 0 Å². The van der Waals surface area contributed by atoms with E-state index in [0.717, 1.165) is 58.5 Å². The first kappa shape index (κ1) is 17.9. The van der Waals surface area contributed by atoms with E-state index in [1.165, 1.54) is 5.69 Å². The van der Waals surface area contributed by atoms with Crippen LogP contribution in [0.25, 0.3) is 0 Å². The second-order valence-corrected chi connectivity index (χ2v) is 7.38. The summed E-state index contributed by atoms with van der Waals surface area (Å²) >= 11 is 0. The maximum absolute atomic E-state index is 12.7. The number of carbonyl (C=O) groups is 1. The third-order valence-electron chi connectivity index (χ3n) is 5.49. The molecule has 0 spiro atoms. The number of imidazole rings is 1. The number of amides is 1. The lowest BCUT2D eigenvalue weighted by Gasteiger charge is -2.32. The number of anilines is 1. The first-order valence-electron chi connectivity index (χ1n) is 9.75. The predicted octanol–water partition coefficient (Wildman–Crippen LogP) is 1.03. The number of nitrogens with zero attached hydrogens (tertiary/aromatic N) is 6. The van der Waals surface area contributed by atoms with Gasteiger partial charge in [-0.2, -0.15) is 0 Å². The van der Waals surface area contributed by atoms with Gasteiger partial charge in [0.05, 0.1) is 11.9 Å². The summed E-state index contributed by atoms with van der Waals surface area (Å²) in [6.45, 7) is 5.15. The van der Waals surface area contributed by atoms with Crippen LogP contribution in [-0.4, -0.2) is 69.6 Å². The fraction of sp³-hybridized carbons (Fsp3) is 0.579. The van der Waals surface area contributed by atoms with Gasteiger partial charge in [0, 0.05) is 70.0 Å². The van der Waals surface area contributed by atoms with E-state index in [0.29, 0.717) is 17.4 Å². The maximum Gasteiger partial charge on any atom is 0.257 e. The second-order valence-electron chi connectivity index (χ2n) is 7.38. The van der Waals surface area contributed by atoms with E-state index in [1.54, 1.807) is 12.4 Å². The number of aromatic nitrogens is 4. The van der Waals surface area contributed by atoms with Crippen LogP contribution in [0, 0.1) is 0 Å². The Balaban J connectivity index is 1.44. The van der Waals surface area contributed by atoms with E-state index >= 15 is 0 Å². The van der Waals surface area contributed by atoms with E-state index in [9.17, 15) is 4.79 Å². The van der Waals surface area contributed by atoms with Crippen molar-refractivity contribution in [2.75, 3.05) is 44.2 Å². The summed E-state index contributed by atoms with van der Waals surface area (Å²) in [5, 5.41) is 3.32. The van der Waals surface area contributed by atoms with Crippen molar-refractivity contribution < 1.29 is 4.79 Å². The third-order valence-corrected chi connectivity index (χ3v) is 5.49. The van der Waals surface area contributed by atoms with Crippen molar-refractivity contribution in [3.05, 3.63) is 36.2 Å². The van der Waals surface area contributed by atoms with Crippen LogP contribution in [0.3, 0.4) is 0 Å². The average molecular weight is 369 g/mol. The first-order chi connectivity index (χ1) is 13.2. The molecule has 8 heteroatoms. The van der Waals surface area contributed by atoms with Crippen molar-refractivity contribution in [1.29, 1.82) is 0 Å². The zero-order valence-electron chi connectivity index (χ0n) is 15.8. The molecule has 2 aliphatic rings. The Kier molecular flexibility index (Phi) is 5.33. The highest BCUT2D eigenvalue weighted by atomic mass is 16.2. The lowest BCUT2D eigenvalue weighted by molar-refractivity contribution is 0.0765. The zero-order chi connectivity index (χ0) is 18.6. The van der Waals surface area contributed by atoms with Crippen LogP contribution in [0.2, 0.25) is 0 Å². The van der Waals surface area contributed by atoms with E-state index < -0.39 is 0 Å². The summed E-state index contributed by atoms with van der Waals surface area (Å²) in [5.74, 6) is 1.16. The molecule has 2 fully saturated rings. The number of piperidine rings is 1. The number of aryl methyl sites for hydroxylation is 1. The minimum atomic E-state index is 0.0247. The van der Waals surface area contributed by atoms with Crippen molar-refractivity contribution in [1.82, 2.24) is 29.7 Å². The molecule has 27 heavy (non-hydrogen) atoms. The lowest BCUT2D eigenvalue weighted by Crippen LogP contribution is -2.36. The molecule has 144 valence electrons. The van der Waals surface area contributed by atoms with Gasteiger partial charge in [-0.25, -0.2) is 15.0 Å². The van der Waals surface area contributed by atoms with Gasteiger partial charge >= 0.3 is 0 Å². The SMILES string of the molecule is Cn1cncc1C1CCCN(c2ncc(C(=O)N3CCCNCC3)cn2)C1. The van der Waals surface area contributed by atoms with Crippen LogP contribution in [0.15, 0.2) is 24.9 Å². The molecule has 0 bridgehead atoms. The summed E-state index contributed by atoms with van der Waals surface area (Å²) in [5.41, 5.74) is 1.82. The summed E-state index contributed by atoms with van der Waals surface area (Å²) in [6, 6.07) is 0. The van der Waals surface area contributed by atoms with Gasteiger partial charge in [-0.1, -0.05) is 0 Å². The summed E-state index contributed by atoms with van der Waals surface area (Å²) in [7, 11) is 2.04. The van der Waals surface area contributed by atoms with Crippen LogP contribution in [0.5, 0.6) is 0 Å². The number of hydrogen-bond acceptors (Lipinski definition) is 6. The predicted molar refractivity (Wildman–Crippen MR) is 103 cm³/mol. The molecule has 4 heterocycles. The molecule has 2 saturated heterocycles. The molecular formula is C19H27N7O. The van der Waals surface area contributed by atoms with Gasteiger partial charge in [-0.15, -0.1) is 0 Å². The normalized spacial score (nSPS) is 21.1. The smallest absolute Gasteiger partial charge is 0.257 e. The lowest BCUT2D eigenvalue weighted by atomic mass is 9.95. The van der Waals surface area contributed by atoms with E-state index in [2.05, 4.69) is 29.7 Å². The highest BCUT2D eigenvalue weighted by Gasteiger charge is 2.25. The molecule has 1 N–H and O–H groups in total. The Morgan fingerprint density at radius 1 is 1.11 bits per heavy atom. The average Bonchev–Trinajstić information content (AvgIpc) is 2.97. The van der Waals surface area contributed by atoms with Crippen molar-refractivity contribution in [2.45, 2.75) is 25.2 Å².